The van der Waals surface area contributed by atoms with E-state index < -0.39 is 11.2 Å². The molecular weight excluding hydrogens is 442 g/mol. The Morgan fingerprint density at radius 3 is 2.32 bits per heavy atom. The highest BCUT2D eigenvalue weighted by molar-refractivity contribution is 6.07. The van der Waals surface area contributed by atoms with E-state index in [9.17, 15) is 23.2 Å². The number of rotatable bonds is 7. The van der Waals surface area contributed by atoms with Gasteiger partial charge in [-0.2, -0.15) is 0 Å². The van der Waals surface area contributed by atoms with E-state index in [-0.39, 0.29) is 46.3 Å². The van der Waals surface area contributed by atoms with Crippen molar-refractivity contribution in [3.8, 4) is 0 Å². The van der Waals surface area contributed by atoms with Crippen LogP contribution in [0.1, 0.15) is 90.7 Å². The molecule has 2 fully saturated rings. The zero-order valence-electron chi connectivity index (χ0n) is 21.4. The highest BCUT2D eigenvalue weighted by atomic mass is 19.1. The van der Waals surface area contributed by atoms with E-state index in [0.717, 1.165) is 25.7 Å². The van der Waals surface area contributed by atoms with Crippen molar-refractivity contribution in [2.45, 2.75) is 91.0 Å². The molecule has 0 saturated heterocycles. The number of carbonyl (C=O) groups is 3. The van der Waals surface area contributed by atoms with E-state index in [1.54, 1.807) is 20.8 Å². The molecule has 2 aliphatic carbocycles. The third kappa shape index (κ3) is 5.26. The van der Waals surface area contributed by atoms with Gasteiger partial charge in [0, 0.05) is 23.6 Å². The molecule has 0 bridgehead atoms. The largest absolute Gasteiger partial charge is 0.469 e. The van der Waals surface area contributed by atoms with Crippen LogP contribution in [0.2, 0.25) is 0 Å². The molecule has 1 heterocycles. The van der Waals surface area contributed by atoms with Crippen molar-refractivity contribution in [1.29, 1.82) is 0 Å². The number of anilines is 1. The monoisotopic (exact) mass is 480 g/mol. The Hall–Kier alpha value is -2.51. The van der Waals surface area contributed by atoms with E-state index in [1.807, 2.05) is 20.8 Å². The summed E-state index contributed by atoms with van der Waals surface area (Å²) in [7, 11) is 1.39. The van der Waals surface area contributed by atoms with E-state index in [2.05, 4.69) is 10.1 Å². The van der Waals surface area contributed by atoms with Crippen molar-refractivity contribution in [2.75, 3.05) is 18.6 Å². The number of amides is 2. The minimum absolute atomic E-state index is 0.0337. The number of ether oxygens (including phenoxy) is 1. The minimum Gasteiger partial charge on any atom is -0.469 e. The second-order valence-electron chi connectivity index (χ2n) is 9.56. The van der Waals surface area contributed by atoms with Gasteiger partial charge in [-0.3, -0.25) is 14.4 Å². The number of hydrogen-bond acceptors (Lipinski definition) is 4. The molecule has 190 valence electrons. The maximum Gasteiger partial charge on any atom is 0.306 e. The van der Waals surface area contributed by atoms with Crippen LogP contribution in [0.5, 0.6) is 0 Å². The van der Waals surface area contributed by atoms with Gasteiger partial charge in [0.1, 0.15) is 11.6 Å². The molecule has 34 heavy (non-hydrogen) atoms. The minimum atomic E-state index is -0.985. The first-order valence-corrected chi connectivity index (χ1v) is 12.1. The van der Waals surface area contributed by atoms with E-state index >= 15 is 0 Å². The lowest BCUT2D eigenvalue weighted by Crippen LogP contribution is -2.36. The molecule has 2 amide bonds. The van der Waals surface area contributed by atoms with Crippen LogP contribution in [-0.2, 0) is 24.5 Å². The Morgan fingerprint density at radius 2 is 1.88 bits per heavy atom. The number of hydrogen-bond donors (Lipinski definition) is 1. The lowest BCUT2D eigenvalue weighted by atomic mass is 9.84. The van der Waals surface area contributed by atoms with Crippen molar-refractivity contribution in [3.05, 3.63) is 28.8 Å². The predicted octanol–water partition coefficient (Wildman–Crippen LogP) is 4.98. The smallest absolute Gasteiger partial charge is 0.306 e. The number of benzene rings is 1. The summed E-state index contributed by atoms with van der Waals surface area (Å²) < 4.78 is 33.6. The van der Waals surface area contributed by atoms with Gasteiger partial charge in [0.2, 0.25) is 12.3 Å². The van der Waals surface area contributed by atoms with Gasteiger partial charge in [-0.1, -0.05) is 13.8 Å². The molecular formula is C26H38F2N2O4. The van der Waals surface area contributed by atoms with Crippen molar-refractivity contribution in [3.63, 3.8) is 0 Å². The Morgan fingerprint density at radius 1 is 1.29 bits per heavy atom. The summed E-state index contributed by atoms with van der Waals surface area (Å²) in [6.45, 7) is 11.4. The lowest BCUT2D eigenvalue weighted by molar-refractivity contribution is -0.142. The second-order valence-corrected chi connectivity index (χ2v) is 9.56. The first-order chi connectivity index (χ1) is 16.0. The summed E-state index contributed by atoms with van der Waals surface area (Å²) in [5.74, 6) is -1.15. The molecule has 3 aliphatic rings. The molecule has 1 atom stereocenters. The Balaban J connectivity index is 0.000000239. The van der Waals surface area contributed by atoms with Crippen LogP contribution >= 0.6 is 0 Å². The van der Waals surface area contributed by atoms with Crippen LogP contribution in [0.3, 0.4) is 0 Å². The molecule has 1 aromatic carbocycles. The number of halogens is 2. The summed E-state index contributed by atoms with van der Waals surface area (Å²) in [5, 5.41) is 2.69. The average molecular weight is 481 g/mol. The second kappa shape index (κ2) is 10.8. The van der Waals surface area contributed by atoms with Crippen LogP contribution in [-0.4, -0.2) is 38.0 Å². The Kier molecular flexibility index (Phi) is 8.83. The molecule has 1 aliphatic heterocycles. The van der Waals surface area contributed by atoms with Crippen molar-refractivity contribution < 1.29 is 27.9 Å². The number of likely N-dealkylation sites (N-methyl/N-ethyl adjacent to an activating group) is 1. The Labute approximate surface area is 201 Å². The summed E-state index contributed by atoms with van der Waals surface area (Å²) in [5.41, 5.74) is -0.203. The summed E-state index contributed by atoms with van der Waals surface area (Å²) in [6.07, 6.45) is 4.88. The van der Waals surface area contributed by atoms with Gasteiger partial charge in [0.15, 0.2) is 0 Å². The van der Waals surface area contributed by atoms with E-state index in [0.29, 0.717) is 24.9 Å². The fourth-order valence-corrected chi connectivity index (χ4v) is 4.57. The van der Waals surface area contributed by atoms with Crippen LogP contribution in [0.15, 0.2) is 6.07 Å². The summed E-state index contributed by atoms with van der Waals surface area (Å²) in [4.78, 5) is 34.9. The van der Waals surface area contributed by atoms with Gasteiger partial charge in [0.05, 0.1) is 24.6 Å². The number of nitrogens with zero attached hydrogens (tertiary/aromatic N) is 1. The predicted molar refractivity (Wildman–Crippen MR) is 128 cm³/mol. The van der Waals surface area contributed by atoms with Gasteiger partial charge >= 0.3 is 5.97 Å². The van der Waals surface area contributed by atoms with Gasteiger partial charge < -0.3 is 15.0 Å². The number of methoxy groups -OCH3 is 1. The molecule has 8 heteroatoms. The van der Waals surface area contributed by atoms with Gasteiger partial charge in [-0.15, -0.1) is 0 Å². The maximum atomic E-state index is 14.7. The molecule has 0 spiro atoms. The molecule has 1 aromatic rings. The van der Waals surface area contributed by atoms with Crippen molar-refractivity contribution in [2.24, 2.45) is 5.41 Å². The van der Waals surface area contributed by atoms with Gasteiger partial charge in [-0.25, -0.2) is 8.78 Å². The van der Waals surface area contributed by atoms with Crippen LogP contribution in [0.4, 0.5) is 14.5 Å². The standard InChI is InChI=1S/C15H17F2NO.C9H15NO3.C2H6/c1-4-18-13-10(16)7-9(8-5-6-8)12(17)11(13)15(2,3)14(18)19;1-7(10-6-11)9(3-4-9)5-8(12)13-2;1-2/h7-8H,4-6H2,1-3H3;6-7H,3-5H2,1-2H3,(H,10,11);1-2H3. The van der Waals surface area contributed by atoms with Crippen molar-refractivity contribution >= 4 is 24.0 Å². The van der Waals surface area contributed by atoms with Crippen LogP contribution < -0.4 is 10.2 Å². The number of nitrogens with one attached hydrogen (secondary N) is 1. The highest BCUT2D eigenvalue weighted by Crippen LogP contribution is 2.52. The van der Waals surface area contributed by atoms with Crippen LogP contribution in [0.25, 0.3) is 0 Å². The van der Waals surface area contributed by atoms with Crippen molar-refractivity contribution in [1.82, 2.24) is 5.32 Å². The molecule has 0 aromatic heterocycles. The third-order valence-electron chi connectivity index (χ3n) is 7.08. The quantitative estimate of drug-likeness (QED) is 0.441. The zero-order valence-corrected chi connectivity index (χ0v) is 21.4. The number of fused-ring (bicyclic) bond motifs is 1. The SMILES string of the molecule is CC.CCN1C(=O)C(C)(C)c2c(F)c(C3CC3)cc(F)c21.COC(=O)CC1(C(C)NC=O)CC1. The molecule has 1 unspecified atom stereocenters. The summed E-state index contributed by atoms with van der Waals surface area (Å²) >= 11 is 0. The maximum absolute atomic E-state index is 14.7. The van der Waals surface area contributed by atoms with Gasteiger partial charge in [0.25, 0.3) is 0 Å². The average Bonchev–Trinajstić information content (AvgIpc) is 3.73. The normalized spacial score (nSPS) is 19.6. The third-order valence-corrected chi connectivity index (χ3v) is 7.08. The van der Waals surface area contributed by atoms with Gasteiger partial charge in [-0.05, 0) is 70.9 Å². The fraction of sp³-hybridized carbons (Fsp3) is 0.654. The number of esters is 1. The molecule has 2 saturated carbocycles. The molecule has 1 N–H and O–H groups in total. The molecule has 6 nitrogen and oxygen atoms in total. The number of carbonyl (C=O) groups excluding carboxylic acids is 3. The van der Waals surface area contributed by atoms with Crippen LogP contribution in [0, 0.1) is 17.0 Å². The summed E-state index contributed by atoms with van der Waals surface area (Å²) in [6, 6.07) is 1.34. The van der Waals surface area contributed by atoms with E-state index in [1.165, 1.54) is 18.1 Å². The highest BCUT2D eigenvalue weighted by Gasteiger charge is 2.49. The first kappa shape index (κ1) is 27.7. The Bertz CT molecular complexity index is 924. The topological polar surface area (TPSA) is 75.7 Å². The fourth-order valence-electron chi connectivity index (χ4n) is 4.57. The first-order valence-electron chi connectivity index (χ1n) is 12.1. The molecule has 4 rings (SSSR count). The molecule has 0 radical (unpaired) electrons. The zero-order chi connectivity index (χ0) is 25.8. The van der Waals surface area contributed by atoms with E-state index in [4.69, 9.17) is 0 Å². The lowest BCUT2D eigenvalue weighted by Gasteiger charge is -2.21.